The van der Waals surface area contributed by atoms with Gasteiger partial charge >= 0.3 is 0 Å². The molecule has 16 heavy (non-hydrogen) atoms. The zero-order chi connectivity index (χ0) is 12.0. The Labute approximate surface area is 96.4 Å². The van der Waals surface area contributed by atoms with E-state index in [9.17, 15) is 4.79 Å². The monoisotopic (exact) mass is 221 g/mol. The molecule has 4 nitrogen and oxygen atoms in total. The van der Waals surface area contributed by atoms with E-state index in [2.05, 4.69) is 23.8 Å². The van der Waals surface area contributed by atoms with Gasteiger partial charge in [-0.2, -0.15) is 0 Å². The number of nitrogens with zero attached hydrogens (tertiary/aromatic N) is 2. The number of carbonyl (C=O) groups is 1. The highest BCUT2D eigenvalue weighted by atomic mass is 16.2. The Kier molecular flexibility index (Phi) is 4.76. The first-order valence-corrected chi connectivity index (χ1v) is 5.61. The average molecular weight is 221 g/mol. The van der Waals surface area contributed by atoms with E-state index >= 15 is 0 Å². The van der Waals surface area contributed by atoms with Crippen molar-refractivity contribution >= 4 is 5.91 Å². The van der Waals surface area contributed by atoms with E-state index in [1.807, 2.05) is 17.7 Å². The molecule has 4 heteroatoms. The van der Waals surface area contributed by atoms with E-state index in [1.54, 1.807) is 12.3 Å². The highest BCUT2D eigenvalue weighted by Crippen LogP contribution is 2.10. The molecule has 1 aromatic heterocycles. The molecule has 1 heterocycles. The van der Waals surface area contributed by atoms with Crippen LogP contribution in [-0.4, -0.2) is 22.0 Å². The molecule has 1 atom stereocenters. The number of hydrogen-bond acceptors (Lipinski definition) is 2. The number of amides is 1. The van der Waals surface area contributed by atoms with Gasteiger partial charge < -0.3 is 9.88 Å². The number of aryl methyl sites for hydroxylation is 1. The lowest BCUT2D eigenvalue weighted by Crippen LogP contribution is -2.31. The topological polar surface area (TPSA) is 46.9 Å². The minimum atomic E-state index is -0.219. The maximum absolute atomic E-state index is 11.7. The van der Waals surface area contributed by atoms with Crippen LogP contribution in [-0.2, 0) is 11.2 Å². The molecule has 0 radical (unpaired) electrons. The number of imidazole rings is 1. The lowest BCUT2D eigenvalue weighted by molar-refractivity contribution is -0.123. The van der Waals surface area contributed by atoms with Crippen LogP contribution in [0.3, 0.4) is 0 Å². The van der Waals surface area contributed by atoms with E-state index in [4.69, 9.17) is 0 Å². The molecule has 0 aliphatic rings. The summed E-state index contributed by atoms with van der Waals surface area (Å²) in [5, 5.41) is 2.78. The summed E-state index contributed by atoms with van der Waals surface area (Å²) in [4.78, 5) is 16.0. The van der Waals surface area contributed by atoms with Crippen LogP contribution in [0.15, 0.2) is 25.0 Å². The molecule has 1 N–H and O–H groups in total. The van der Waals surface area contributed by atoms with Gasteiger partial charge in [0.15, 0.2) is 0 Å². The Bertz CT molecular complexity index is 357. The molecule has 0 saturated heterocycles. The van der Waals surface area contributed by atoms with Gasteiger partial charge in [0, 0.05) is 25.4 Å². The third-order valence-electron chi connectivity index (χ3n) is 2.44. The van der Waals surface area contributed by atoms with Crippen LogP contribution in [0.5, 0.6) is 0 Å². The van der Waals surface area contributed by atoms with Gasteiger partial charge in [-0.15, -0.1) is 6.58 Å². The molecule has 1 unspecified atom stereocenters. The Morgan fingerprint density at radius 3 is 3.12 bits per heavy atom. The highest BCUT2D eigenvalue weighted by molar-refractivity contribution is 5.80. The second kappa shape index (κ2) is 6.10. The molecule has 0 fully saturated rings. The molecule has 1 aromatic rings. The van der Waals surface area contributed by atoms with Gasteiger partial charge in [0.25, 0.3) is 0 Å². The quantitative estimate of drug-likeness (QED) is 0.743. The van der Waals surface area contributed by atoms with Crippen molar-refractivity contribution in [1.82, 2.24) is 14.9 Å². The lowest BCUT2D eigenvalue weighted by Gasteiger charge is -2.15. The second-order valence-electron chi connectivity index (χ2n) is 3.71. The summed E-state index contributed by atoms with van der Waals surface area (Å²) in [5.74, 6) is 0.957. The highest BCUT2D eigenvalue weighted by Gasteiger charge is 2.16. The van der Waals surface area contributed by atoms with Crippen molar-refractivity contribution in [3.63, 3.8) is 0 Å². The Hall–Kier alpha value is -1.58. The van der Waals surface area contributed by atoms with Gasteiger partial charge in [0.2, 0.25) is 5.91 Å². The SMILES string of the molecule is C=CCNC(=O)C(C)n1ccnc1CCC. The van der Waals surface area contributed by atoms with Crippen LogP contribution in [0.1, 0.15) is 32.1 Å². The van der Waals surface area contributed by atoms with E-state index in [0.717, 1.165) is 18.7 Å². The summed E-state index contributed by atoms with van der Waals surface area (Å²) in [7, 11) is 0. The summed E-state index contributed by atoms with van der Waals surface area (Å²) >= 11 is 0. The Morgan fingerprint density at radius 2 is 2.50 bits per heavy atom. The van der Waals surface area contributed by atoms with Crippen molar-refractivity contribution in [3.05, 3.63) is 30.9 Å². The van der Waals surface area contributed by atoms with Crippen molar-refractivity contribution in [2.75, 3.05) is 6.54 Å². The normalized spacial score (nSPS) is 12.1. The van der Waals surface area contributed by atoms with Gasteiger partial charge in [-0.25, -0.2) is 4.98 Å². The van der Waals surface area contributed by atoms with Crippen molar-refractivity contribution in [1.29, 1.82) is 0 Å². The van der Waals surface area contributed by atoms with E-state index in [0.29, 0.717) is 6.54 Å². The minimum Gasteiger partial charge on any atom is -0.351 e. The number of carbonyl (C=O) groups excluding carboxylic acids is 1. The standard InChI is InChI=1S/C12H19N3O/c1-4-6-11-13-8-9-15(11)10(3)12(16)14-7-5-2/h5,8-10H,2,4,6-7H2,1,3H3,(H,14,16). The molecular weight excluding hydrogens is 202 g/mol. The first kappa shape index (κ1) is 12.5. The van der Waals surface area contributed by atoms with E-state index in [-0.39, 0.29) is 11.9 Å². The molecule has 0 aliphatic heterocycles. The van der Waals surface area contributed by atoms with Crippen molar-refractivity contribution < 1.29 is 4.79 Å². The third-order valence-corrected chi connectivity index (χ3v) is 2.44. The minimum absolute atomic E-state index is 0.00440. The number of nitrogens with one attached hydrogen (secondary N) is 1. The maximum Gasteiger partial charge on any atom is 0.243 e. The smallest absolute Gasteiger partial charge is 0.243 e. The van der Waals surface area contributed by atoms with Crippen molar-refractivity contribution in [2.24, 2.45) is 0 Å². The zero-order valence-electron chi connectivity index (χ0n) is 9.94. The zero-order valence-corrected chi connectivity index (χ0v) is 9.94. The van der Waals surface area contributed by atoms with Crippen LogP contribution in [0.25, 0.3) is 0 Å². The fourth-order valence-corrected chi connectivity index (χ4v) is 1.56. The van der Waals surface area contributed by atoms with Gasteiger partial charge in [-0.05, 0) is 13.3 Å². The molecule has 0 spiro atoms. The largest absolute Gasteiger partial charge is 0.351 e. The number of hydrogen-bond donors (Lipinski definition) is 1. The predicted octanol–water partition coefficient (Wildman–Crippen LogP) is 1.70. The van der Waals surface area contributed by atoms with Crippen LogP contribution in [0.4, 0.5) is 0 Å². The van der Waals surface area contributed by atoms with E-state index < -0.39 is 0 Å². The summed E-state index contributed by atoms with van der Waals surface area (Å²) in [5.41, 5.74) is 0. The Morgan fingerprint density at radius 1 is 1.75 bits per heavy atom. The first-order chi connectivity index (χ1) is 7.70. The maximum atomic E-state index is 11.7. The molecule has 0 saturated carbocycles. The predicted molar refractivity (Wildman–Crippen MR) is 64.1 cm³/mol. The van der Waals surface area contributed by atoms with Gasteiger partial charge in [-0.3, -0.25) is 4.79 Å². The number of rotatable bonds is 6. The van der Waals surface area contributed by atoms with Crippen LogP contribution in [0.2, 0.25) is 0 Å². The first-order valence-electron chi connectivity index (χ1n) is 5.61. The van der Waals surface area contributed by atoms with Gasteiger partial charge in [-0.1, -0.05) is 13.0 Å². The van der Waals surface area contributed by atoms with Crippen molar-refractivity contribution in [3.8, 4) is 0 Å². The molecule has 0 aromatic carbocycles. The summed E-state index contributed by atoms with van der Waals surface area (Å²) in [6, 6.07) is -0.219. The number of aromatic nitrogens is 2. The fourth-order valence-electron chi connectivity index (χ4n) is 1.56. The third kappa shape index (κ3) is 2.95. The summed E-state index contributed by atoms with van der Waals surface area (Å²) < 4.78 is 1.92. The Balaban J connectivity index is 2.70. The molecule has 0 aliphatic carbocycles. The lowest BCUT2D eigenvalue weighted by atomic mass is 10.2. The van der Waals surface area contributed by atoms with Crippen LogP contribution < -0.4 is 5.32 Å². The summed E-state index contributed by atoms with van der Waals surface area (Å²) in [6.07, 6.45) is 7.18. The molecule has 1 rings (SSSR count). The summed E-state index contributed by atoms with van der Waals surface area (Å²) in [6.45, 7) is 8.04. The van der Waals surface area contributed by atoms with E-state index in [1.165, 1.54) is 0 Å². The fraction of sp³-hybridized carbons (Fsp3) is 0.500. The second-order valence-corrected chi connectivity index (χ2v) is 3.71. The average Bonchev–Trinajstić information content (AvgIpc) is 2.73. The van der Waals surface area contributed by atoms with Crippen LogP contribution in [0, 0.1) is 0 Å². The van der Waals surface area contributed by atoms with Crippen LogP contribution >= 0.6 is 0 Å². The van der Waals surface area contributed by atoms with Crippen molar-refractivity contribution in [2.45, 2.75) is 32.7 Å². The molecule has 88 valence electrons. The molecular formula is C12H19N3O. The van der Waals surface area contributed by atoms with Gasteiger partial charge in [0.1, 0.15) is 11.9 Å². The van der Waals surface area contributed by atoms with Gasteiger partial charge in [0.05, 0.1) is 0 Å². The molecule has 1 amide bonds. The molecule has 0 bridgehead atoms.